The van der Waals surface area contributed by atoms with Gasteiger partial charge in [0.15, 0.2) is 0 Å². The molecule has 148 valence electrons. The smallest absolute Gasteiger partial charge is 0.274 e. The van der Waals surface area contributed by atoms with Crippen LogP contribution in [-0.2, 0) is 5.41 Å². The van der Waals surface area contributed by atoms with Crippen LogP contribution in [0.25, 0.3) is 0 Å². The van der Waals surface area contributed by atoms with Crippen LogP contribution in [0.1, 0.15) is 89.9 Å². The summed E-state index contributed by atoms with van der Waals surface area (Å²) < 4.78 is 0. The number of benzene rings is 2. The first-order chi connectivity index (χ1) is 13.3. The number of hydrogen-bond donors (Lipinski definition) is 3. The van der Waals surface area contributed by atoms with E-state index in [0.717, 1.165) is 24.0 Å². The van der Waals surface area contributed by atoms with Crippen LogP contribution in [0.15, 0.2) is 42.5 Å². The number of amides is 2. The zero-order valence-corrected chi connectivity index (χ0v) is 16.9. The summed E-state index contributed by atoms with van der Waals surface area (Å²) in [6.07, 6.45) is 1.90. The highest BCUT2D eigenvalue weighted by atomic mass is 16.5. The Bertz CT molecular complexity index is 882. The molecule has 0 aliphatic heterocycles. The monoisotopic (exact) mass is 380 g/mol. The molecule has 0 aromatic heterocycles. The second-order valence-corrected chi connectivity index (χ2v) is 8.46. The van der Waals surface area contributed by atoms with Crippen LogP contribution in [0.2, 0.25) is 0 Å². The maximum Gasteiger partial charge on any atom is 0.274 e. The van der Waals surface area contributed by atoms with Gasteiger partial charge in [0.05, 0.1) is 6.04 Å². The van der Waals surface area contributed by atoms with Crippen molar-refractivity contribution in [1.29, 1.82) is 0 Å². The Morgan fingerprint density at radius 2 is 1.61 bits per heavy atom. The molecule has 1 aliphatic carbocycles. The van der Waals surface area contributed by atoms with Crippen molar-refractivity contribution >= 4 is 11.8 Å². The molecule has 0 spiro atoms. The second-order valence-electron chi connectivity index (χ2n) is 8.46. The fourth-order valence-corrected chi connectivity index (χ4v) is 3.84. The number of fused-ring (bicyclic) bond motifs is 1. The lowest BCUT2D eigenvalue weighted by molar-refractivity contribution is 0.0705. The highest BCUT2D eigenvalue weighted by molar-refractivity contribution is 5.95. The lowest BCUT2D eigenvalue weighted by atomic mass is 9.70. The Morgan fingerprint density at radius 1 is 0.964 bits per heavy atom. The van der Waals surface area contributed by atoms with Crippen molar-refractivity contribution in [3.8, 4) is 0 Å². The lowest BCUT2D eigenvalue weighted by Gasteiger charge is -2.40. The van der Waals surface area contributed by atoms with Gasteiger partial charge in [0.2, 0.25) is 0 Å². The van der Waals surface area contributed by atoms with Crippen molar-refractivity contribution < 1.29 is 14.8 Å². The first-order valence-corrected chi connectivity index (χ1v) is 9.76. The summed E-state index contributed by atoms with van der Waals surface area (Å²) in [5, 5.41) is 12.0. The molecule has 2 aromatic rings. The minimum absolute atomic E-state index is 0.0483. The fourth-order valence-electron chi connectivity index (χ4n) is 3.84. The van der Waals surface area contributed by atoms with Gasteiger partial charge >= 0.3 is 0 Å². The van der Waals surface area contributed by atoms with Gasteiger partial charge in [0.25, 0.3) is 11.8 Å². The summed E-state index contributed by atoms with van der Waals surface area (Å²) in [5.74, 6) is -0.442. The normalized spacial score (nSPS) is 18.0. The van der Waals surface area contributed by atoms with Gasteiger partial charge in [-0.05, 0) is 52.8 Å². The number of hydrogen-bond acceptors (Lipinski definition) is 3. The molecule has 5 nitrogen and oxygen atoms in total. The van der Waals surface area contributed by atoms with Crippen molar-refractivity contribution in [2.24, 2.45) is 0 Å². The van der Waals surface area contributed by atoms with Crippen LogP contribution in [0, 0.1) is 0 Å². The third kappa shape index (κ3) is 3.80. The SMILES string of the molecule is CCCC1c2cc(C(=O)NO)ccc2C1NC(=O)c1ccc(C(C)(C)C)cc1. The molecule has 3 rings (SSSR count). The molecule has 1 aliphatic rings. The molecule has 0 saturated heterocycles. The van der Waals surface area contributed by atoms with Crippen molar-refractivity contribution in [3.05, 3.63) is 70.3 Å². The van der Waals surface area contributed by atoms with Crippen LogP contribution in [-0.4, -0.2) is 17.0 Å². The van der Waals surface area contributed by atoms with E-state index in [1.807, 2.05) is 36.4 Å². The largest absolute Gasteiger partial charge is 0.345 e. The van der Waals surface area contributed by atoms with Gasteiger partial charge in [0, 0.05) is 17.0 Å². The number of carbonyl (C=O) groups is 2. The van der Waals surface area contributed by atoms with E-state index in [4.69, 9.17) is 5.21 Å². The first kappa shape index (κ1) is 20.1. The summed E-state index contributed by atoms with van der Waals surface area (Å²) in [5.41, 5.74) is 6.08. The highest BCUT2D eigenvalue weighted by Gasteiger charge is 2.38. The maximum atomic E-state index is 12.8. The lowest BCUT2D eigenvalue weighted by Crippen LogP contribution is -2.39. The van der Waals surface area contributed by atoms with E-state index in [1.54, 1.807) is 11.5 Å². The minimum Gasteiger partial charge on any atom is -0.345 e. The van der Waals surface area contributed by atoms with Gasteiger partial charge in [-0.1, -0.05) is 52.3 Å². The zero-order valence-electron chi connectivity index (χ0n) is 16.9. The molecule has 2 amide bonds. The molecular weight excluding hydrogens is 352 g/mol. The standard InChI is InChI=1S/C23H28N2O3/c1-5-6-17-19-13-15(22(27)25-28)9-12-18(19)20(17)24-21(26)14-7-10-16(11-8-14)23(2,3)4/h7-13,17,20,28H,5-6H2,1-4H3,(H,24,26)(H,25,27). The molecule has 0 saturated carbocycles. The average Bonchev–Trinajstić information content (AvgIpc) is 2.68. The summed E-state index contributed by atoms with van der Waals surface area (Å²) >= 11 is 0. The Kier molecular flexibility index (Phi) is 5.57. The van der Waals surface area contributed by atoms with Crippen LogP contribution >= 0.6 is 0 Å². The predicted octanol–water partition coefficient (Wildman–Crippen LogP) is 4.47. The molecule has 0 bridgehead atoms. The van der Waals surface area contributed by atoms with Gasteiger partial charge in [-0.3, -0.25) is 14.8 Å². The van der Waals surface area contributed by atoms with E-state index in [0.29, 0.717) is 11.1 Å². The number of hydroxylamine groups is 1. The van der Waals surface area contributed by atoms with Crippen molar-refractivity contribution in [2.45, 2.75) is 57.9 Å². The summed E-state index contributed by atoms with van der Waals surface area (Å²) in [7, 11) is 0. The van der Waals surface area contributed by atoms with Gasteiger partial charge in [-0.2, -0.15) is 0 Å². The number of rotatable bonds is 5. The second kappa shape index (κ2) is 7.76. The van der Waals surface area contributed by atoms with Gasteiger partial charge in [-0.25, -0.2) is 5.48 Å². The van der Waals surface area contributed by atoms with Crippen molar-refractivity contribution in [3.63, 3.8) is 0 Å². The number of nitrogens with one attached hydrogen (secondary N) is 2. The van der Waals surface area contributed by atoms with E-state index >= 15 is 0 Å². The molecule has 28 heavy (non-hydrogen) atoms. The maximum absolute atomic E-state index is 12.8. The third-order valence-electron chi connectivity index (χ3n) is 5.49. The molecule has 0 radical (unpaired) electrons. The van der Waals surface area contributed by atoms with Crippen LogP contribution in [0.3, 0.4) is 0 Å². The van der Waals surface area contributed by atoms with Crippen molar-refractivity contribution in [1.82, 2.24) is 10.8 Å². The van der Waals surface area contributed by atoms with Gasteiger partial charge in [-0.15, -0.1) is 0 Å². The topological polar surface area (TPSA) is 78.4 Å². The molecule has 0 fully saturated rings. The molecule has 5 heteroatoms. The van der Waals surface area contributed by atoms with Crippen LogP contribution < -0.4 is 10.8 Å². The van der Waals surface area contributed by atoms with E-state index in [9.17, 15) is 9.59 Å². The summed E-state index contributed by atoms with van der Waals surface area (Å²) in [6.45, 7) is 8.54. The van der Waals surface area contributed by atoms with Crippen molar-refractivity contribution in [2.75, 3.05) is 0 Å². The Balaban J connectivity index is 1.79. The van der Waals surface area contributed by atoms with E-state index in [1.165, 1.54) is 5.56 Å². The summed E-state index contributed by atoms with van der Waals surface area (Å²) in [6, 6.07) is 13.0. The van der Waals surface area contributed by atoms with Crippen LogP contribution in [0.5, 0.6) is 0 Å². The van der Waals surface area contributed by atoms with Gasteiger partial charge < -0.3 is 5.32 Å². The average molecular weight is 380 g/mol. The number of carbonyl (C=O) groups excluding carboxylic acids is 2. The van der Waals surface area contributed by atoms with E-state index in [-0.39, 0.29) is 23.3 Å². The highest BCUT2D eigenvalue weighted by Crippen LogP contribution is 2.48. The van der Waals surface area contributed by atoms with Crippen LogP contribution in [0.4, 0.5) is 0 Å². The van der Waals surface area contributed by atoms with E-state index in [2.05, 4.69) is 33.0 Å². The quantitative estimate of drug-likeness (QED) is 0.529. The summed E-state index contributed by atoms with van der Waals surface area (Å²) in [4.78, 5) is 24.5. The Morgan fingerprint density at radius 3 is 2.18 bits per heavy atom. The molecule has 3 N–H and O–H groups in total. The third-order valence-corrected chi connectivity index (χ3v) is 5.49. The first-order valence-electron chi connectivity index (χ1n) is 9.76. The molecule has 0 heterocycles. The Labute approximate surface area is 166 Å². The molecule has 2 unspecified atom stereocenters. The molecule has 2 aromatic carbocycles. The van der Waals surface area contributed by atoms with E-state index < -0.39 is 5.91 Å². The predicted molar refractivity (Wildman–Crippen MR) is 109 cm³/mol. The molecule has 2 atom stereocenters. The minimum atomic E-state index is -0.524. The Hall–Kier alpha value is -2.66. The fraction of sp³-hybridized carbons (Fsp3) is 0.391. The zero-order chi connectivity index (χ0) is 20.5. The molecular formula is C23H28N2O3. The van der Waals surface area contributed by atoms with Gasteiger partial charge in [0.1, 0.15) is 0 Å².